The van der Waals surface area contributed by atoms with Gasteiger partial charge < -0.3 is 10.2 Å². The Balaban J connectivity index is 2.10. The fourth-order valence-electron chi connectivity index (χ4n) is 2.00. The summed E-state index contributed by atoms with van der Waals surface area (Å²) in [5.41, 5.74) is 6.66. The number of nitrogen functional groups attached to an aromatic ring is 1. The summed E-state index contributed by atoms with van der Waals surface area (Å²) in [6.07, 6.45) is 0. The van der Waals surface area contributed by atoms with E-state index in [-0.39, 0.29) is 27.3 Å². The van der Waals surface area contributed by atoms with Crippen LogP contribution in [0.5, 0.6) is 0 Å². The van der Waals surface area contributed by atoms with Gasteiger partial charge in [0.2, 0.25) is 5.78 Å². The highest BCUT2D eigenvalue weighted by Gasteiger charge is 2.18. The first-order valence-corrected chi connectivity index (χ1v) is 7.08. The van der Waals surface area contributed by atoms with E-state index in [1.165, 1.54) is 12.1 Å². The number of hydrogen-bond donors (Lipinski definition) is 1. The zero-order chi connectivity index (χ0) is 15.1. The summed E-state index contributed by atoms with van der Waals surface area (Å²) in [6.45, 7) is 0. The zero-order valence-electron chi connectivity index (χ0n) is 10.5. The van der Waals surface area contributed by atoms with Crippen molar-refractivity contribution in [1.29, 1.82) is 0 Å². The molecular formula is C15H8Cl3NO2. The number of nitrogens with two attached hydrogens (primary N) is 1. The van der Waals surface area contributed by atoms with Crippen molar-refractivity contribution in [1.82, 2.24) is 0 Å². The lowest BCUT2D eigenvalue weighted by atomic mass is 10.1. The van der Waals surface area contributed by atoms with Gasteiger partial charge in [0.05, 0.1) is 20.8 Å². The van der Waals surface area contributed by atoms with Crippen LogP contribution in [0.2, 0.25) is 15.1 Å². The van der Waals surface area contributed by atoms with Gasteiger partial charge in [-0.1, -0.05) is 46.9 Å². The molecule has 0 saturated carbocycles. The second kappa shape index (κ2) is 5.26. The van der Waals surface area contributed by atoms with Gasteiger partial charge in [-0.15, -0.1) is 0 Å². The van der Waals surface area contributed by atoms with Gasteiger partial charge in [0.1, 0.15) is 0 Å². The number of carbonyl (C=O) groups is 1. The number of carbonyl (C=O) groups excluding carboxylic acids is 1. The van der Waals surface area contributed by atoms with Crippen LogP contribution in [0.4, 0.5) is 5.69 Å². The van der Waals surface area contributed by atoms with Crippen molar-refractivity contribution in [3.63, 3.8) is 0 Å². The Labute approximate surface area is 135 Å². The lowest BCUT2D eigenvalue weighted by Gasteiger charge is -2.04. The summed E-state index contributed by atoms with van der Waals surface area (Å²) >= 11 is 17.9. The molecule has 2 aromatic carbocycles. The Morgan fingerprint density at radius 1 is 1.00 bits per heavy atom. The Hall–Kier alpha value is -1.68. The minimum atomic E-state index is -0.342. The maximum absolute atomic E-state index is 12.4. The van der Waals surface area contributed by atoms with Crippen molar-refractivity contribution in [2.24, 2.45) is 0 Å². The maximum Gasteiger partial charge on any atom is 0.228 e. The van der Waals surface area contributed by atoms with Gasteiger partial charge in [-0.3, -0.25) is 4.79 Å². The standard InChI is InChI=1S/C15H8Cl3NO2/c16-9-3-1-2-7-6-12(21-15(7)9)14(20)8-4-10(17)13(19)11(18)5-8/h1-6H,19H2. The molecular weight excluding hydrogens is 333 g/mol. The minimum Gasteiger partial charge on any atom is -0.451 e. The lowest BCUT2D eigenvalue weighted by Crippen LogP contribution is -2.01. The number of furan rings is 1. The molecule has 0 aliphatic rings. The molecule has 3 aromatic rings. The Bertz CT molecular complexity index is 847. The van der Waals surface area contributed by atoms with Crippen LogP contribution in [0.15, 0.2) is 40.8 Å². The van der Waals surface area contributed by atoms with Gasteiger partial charge in [0.15, 0.2) is 11.3 Å². The number of anilines is 1. The van der Waals surface area contributed by atoms with E-state index in [4.69, 9.17) is 45.0 Å². The van der Waals surface area contributed by atoms with Gasteiger partial charge in [0, 0.05) is 10.9 Å². The summed E-state index contributed by atoms with van der Waals surface area (Å²) in [5.74, 6) is -0.180. The van der Waals surface area contributed by atoms with E-state index in [9.17, 15) is 4.79 Å². The third kappa shape index (κ3) is 2.48. The van der Waals surface area contributed by atoms with E-state index < -0.39 is 0 Å². The fraction of sp³-hybridized carbons (Fsp3) is 0. The van der Waals surface area contributed by atoms with Gasteiger partial charge in [-0.25, -0.2) is 0 Å². The molecule has 0 fully saturated rings. The molecule has 0 radical (unpaired) electrons. The predicted molar refractivity (Wildman–Crippen MR) is 85.5 cm³/mol. The topological polar surface area (TPSA) is 56.2 Å². The van der Waals surface area contributed by atoms with E-state index in [1.807, 2.05) is 6.07 Å². The normalized spacial score (nSPS) is 11.0. The summed E-state index contributed by atoms with van der Waals surface area (Å²) in [6, 6.07) is 9.83. The molecule has 2 N–H and O–H groups in total. The molecule has 3 rings (SSSR count). The number of fused-ring (bicyclic) bond motifs is 1. The molecule has 3 nitrogen and oxygen atoms in total. The molecule has 0 atom stereocenters. The van der Waals surface area contributed by atoms with Crippen LogP contribution in [-0.2, 0) is 0 Å². The molecule has 6 heteroatoms. The van der Waals surface area contributed by atoms with Crippen molar-refractivity contribution < 1.29 is 9.21 Å². The van der Waals surface area contributed by atoms with E-state index in [0.717, 1.165) is 5.39 Å². The van der Waals surface area contributed by atoms with Crippen LogP contribution >= 0.6 is 34.8 Å². The van der Waals surface area contributed by atoms with Crippen LogP contribution in [0.3, 0.4) is 0 Å². The van der Waals surface area contributed by atoms with Crippen LogP contribution in [0.25, 0.3) is 11.0 Å². The number of ketones is 1. The zero-order valence-corrected chi connectivity index (χ0v) is 12.8. The third-order valence-corrected chi connectivity index (χ3v) is 3.98. The van der Waals surface area contributed by atoms with Crippen molar-refractivity contribution in [2.45, 2.75) is 0 Å². The number of hydrogen-bond acceptors (Lipinski definition) is 3. The number of rotatable bonds is 2. The van der Waals surface area contributed by atoms with Crippen LogP contribution in [0, 0.1) is 0 Å². The van der Waals surface area contributed by atoms with Crippen LogP contribution in [-0.4, -0.2) is 5.78 Å². The first-order chi connectivity index (χ1) is 9.97. The van der Waals surface area contributed by atoms with Crippen LogP contribution < -0.4 is 5.73 Å². The van der Waals surface area contributed by atoms with E-state index in [0.29, 0.717) is 16.2 Å². The Kier molecular flexibility index (Phi) is 3.57. The molecule has 0 saturated heterocycles. The SMILES string of the molecule is Nc1c(Cl)cc(C(=O)c2cc3cccc(Cl)c3o2)cc1Cl. The monoisotopic (exact) mass is 339 g/mol. The van der Waals surface area contributed by atoms with Crippen molar-refractivity contribution in [2.75, 3.05) is 5.73 Å². The molecule has 1 heterocycles. The van der Waals surface area contributed by atoms with E-state index in [1.54, 1.807) is 18.2 Å². The fourth-order valence-corrected chi connectivity index (χ4v) is 2.70. The molecule has 0 aliphatic carbocycles. The van der Waals surface area contributed by atoms with E-state index in [2.05, 4.69) is 0 Å². The summed E-state index contributed by atoms with van der Waals surface area (Å²) in [4.78, 5) is 12.4. The van der Waals surface area contributed by atoms with Gasteiger partial charge >= 0.3 is 0 Å². The third-order valence-electron chi connectivity index (χ3n) is 3.06. The maximum atomic E-state index is 12.4. The molecule has 0 amide bonds. The summed E-state index contributed by atoms with van der Waals surface area (Å²) < 4.78 is 5.53. The lowest BCUT2D eigenvalue weighted by molar-refractivity contribution is 0.101. The first kappa shape index (κ1) is 14.3. The molecule has 0 aliphatic heterocycles. The molecule has 0 spiro atoms. The number of benzene rings is 2. The van der Waals surface area contributed by atoms with Gasteiger partial charge in [-0.05, 0) is 24.3 Å². The van der Waals surface area contributed by atoms with Gasteiger partial charge in [-0.2, -0.15) is 0 Å². The van der Waals surface area contributed by atoms with E-state index >= 15 is 0 Å². The Morgan fingerprint density at radius 3 is 2.29 bits per heavy atom. The molecule has 21 heavy (non-hydrogen) atoms. The average molecular weight is 341 g/mol. The predicted octanol–water partition coefficient (Wildman–Crippen LogP) is 5.21. The number of para-hydroxylation sites is 1. The van der Waals surface area contributed by atoms with Crippen molar-refractivity contribution in [3.8, 4) is 0 Å². The molecule has 0 bridgehead atoms. The first-order valence-electron chi connectivity index (χ1n) is 5.94. The summed E-state index contributed by atoms with van der Waals surface area (Å²) in [5, 5.41) is 1.64. The average Bonchev–Trinajstić information content (AvgIpc) is 2.89. The van der Waals surface area contributed by atoms with Gasteiger partial charge in [0.25, 0.3) is 0 Å². The number of halogens is 3. The molecule has 0 unspecified atom stereocenters. The highest BCUT2D eigenvalue weighted by molar-refractivity contribution is 6.39. The second-order valence-electron chi connectivity index (χ2n) is 4.45. The van der Waals surface area contributed by atoms with Crippen molar-refractivity contribution >= 4 is 57.2 Å². The minimum absolute atomic E-state index is 0.162. The Morgan fingerprint density at radius 2 is 1.67 bits per heavy atom. The smallest absolute Gasteiger partial charge is 0.228 e. The molecule has 106 valence electrons. The van der Waals surface area contributed by atoms with Crippen LogP contribution in [0.1, 0.15) is 16.1 Å². The second-order valence-corrected chi connectivity index (χ2v) is 5.67. The highest BCUT2D eigenvalue weighted by atomic mass is 35.5. The quantitative estimate of drug-likeness (QED) is 0.515. The molecule has 1 aromatic heterocycles. The summed E-state index contributed by atoms with van der Waals surface area (Å²) in [7, 11) is 0. The van der Waals surface area contributed by atoms with Crippen molar-refractivity contribution in [3.05, 3.63) is 62.8 Å². The largest absolute Gasteiger partial charge is 0.451 e. The highest BCUT2D eigenvalue weighted by Crippen LogP contribution is 2.32.